The Morgan fingerprint density at radius 1 is 1.00 bits per heavy atom. The standard InChI is InChI=1S/C19H20Cl2N8O2/c1-10(2)26-17(30)12-7-15(14(21)8-13(12)20)28-19(31)27-11(3)16-24-9-25-29(16)18-22-5-4-6-23-18/h4-11H,1-3H3,(H,26,30)(H2,27,28,31)/t11-/m0/s1. The number of anilines is 1. The lowest BCUT2D eigenvalue weighted by molar-refractivity contribution is 0.0943. The number of nitrogens with zero attached hydrogens (tertiary/aromatic N) is 5. The molecular formula is C19H20Cl2N8O2. The summed E-state index contributed by atoms with van der Waals surface area (Å²) in [5.74, 6) is 0.385. The van der Waals surface area contributed by atoms with Crippen molar-refractivity contribution in [3.05, 3.63) is 58.4 Å². The van der Waals surface area contributed by atoms with Gasteiger partial charge in [0.15, 0.2) is 5.82 Å². The van der Waals surface area contributed by atoms with Crippen molar-refractivity contribution in [2.45, 2.75) is 32.9 Å². The molecule has 12 heteroatoms. The number of benzene rings is 1. The zero-order valence-electron chi connectivity index (χ0n) is 16.9. The number of urea groups is 1. The summed E-state index contributed by atoms with van der Waals surface area (Å²) >= 11 is 12.3. The minimum absolute atomic E-state index is 0.0780. The molecule has 0 aliphatic carbocycles. The molecule has 1 aromatic carbocycles. The molecular weight excluding hydrogens is 443 g/mol. The highest BCUT2D eigenvalue weighted by atomic mass is 35.5. The summed E-state index contributed by atoms with van der Waals surface area (Å²) in [5, 5.41) is 12.6. The predicted molar refractivity (Wildman–Crippen MR) is 117 cm³/mol. The van der Waals surface area contributed by atoms with E-state index in [0.717, 1.165) is 0 Å². The monoisotopic (exact) mass is 462 g/mol. The van der Waals surface area contributed by atoms with Crippen LogP contribution in [0.2, 0.25) is 10.0 Å². The Morgan fingerprint density at radius 3 is 2.39 bits per heavy atom. The number of halogens is 2. The molecule has 0 bridgehead atoms. The first-order valence-electron chi connectivity index (χ1n) is 9.31. The van der Waals surface area contributed by atoms with Crippen LogP contribution in [0.15, 0.2) is 36.9 Å². The minimum atomic E-state index is -0.560. The van der Waals surface area contributed by atoms with Crippen LogP contribution in [0.25, 0.3) is 5.95 Å². The van der Waals surface area contributed by atoms with Gasteiger partial charge in [-0.15, -0.1) is 0 Å². The number of carbonyl (C=O) groups excluding carboxylic acids is 2. The van der Waals surface area contributed by atoms with Crippen molar-refractivity contribution >= 4 is 40.8 Å². The van der Waals surface area contributed by atoms with Crippen molar-refractivity contribution in [3.63, 3.8) is 0 Å². The summed E-state index contributed by atoms with van der Waals surface area (Å²) in [6.45, 7) is 5.39. The van der Waals surface area contributed by atoms with Crippen molar-refractivity contribution in [1.82, 2.24) is 35.4 Å². The molecule has 2 heterocycles. The van der Waals surface area contributed by atoms with E-state index in [9.17, 15) is 9.59 Å². The van der Waals surface area contributed by atoms with Gasteiger partial charge < -0.3 is 16.0 Å². The second-order valence-electron chi connectivity index (χ2n) is 6.84. The smallest absolute Gasteiger partial charge is 0.319 e. The average Bonchev–Trinajstić information content (AvgIpc) is 3.20. The lowest BCUT2D eigenvalue weighted by Gasteiger charge is -2.16. The van der Waals surface area contributed by atoms with E-state index < -0.39 is 12.1 Å². The van der Waals surface area contributed by atoms with Gasteiger partial charge in [0.1, 0.15) is 6.33 Å². The van der Waals surface area contributed by atoms with Crippen LogP contribution in [0.1, 0.15) is 43.0 Å². The Labute approximate surface area is 188 Å². The lowest BCUT2D eigenvalue weighted by Crippen LogP contribution is -2.33. The molecule has 0 spiro atoms. The Kier molecular flexibility index (Phi) is 7.03. The van der Waals surface area contributed by atoms with E-state index in [0.29, 0.717) is 11.8 Å². The Hall–Kier alpha value is -3.24. The summed E-state index contributed by atoms with van der Waals surface area (Å²) in [6.07, 6.45) is 4.50. The molecule has 0 saturated carbocycles. The second-order valence-corrected chi connectivity index (χ2v) is 7.65. The zero-order valence-corrected chi connectivity index (χ0v) is 18.4. The number of aromatic nitrogens is 5. The van der Waals surface area contributed by atoms with Gasteiger partial charge in [-0.25, -0.2) is 19.7 Å². The van der Waals surface area contributed by atoms with E-state index in [1.54, 1.807) is 25.4 Å². The fraction of sp³-hybridized carbons (Fsp3) is 0.263. The number of hydrogen-bond acceptors (Lipinski definition) is 6. The molecule has 10 nitrogen and oxygen atoms in total. The summed E-state index contributed by atoms with van der Waals surface area (Å²) in [7, 11) is 0. The third kappa shape index (κ3) is 5.47. The molecule has 162 valence electrons. The molecule has 0 saturated heterocycles. The summed E-state index contributed by atoms with van der Waals surface area (Å²) in [5.41, 5.74) is 0.432. The van der Waals surface area contributed by atoms with E-state index in [4.69, 9.17) is 23.2 Å². The van der Waals surface area contributed by atoms with Crippen LogP contribution in [-0.4, -0.2) is 42.7 Å². The number of rotatable bonds is 6. The van der Waals surface area contributed by atoms with Gasteiger partial charge in [0.05, 0.1) is 27.3 Å². The maximum atomic E-state index is 12.6. The molecule has 2 aromatic heterocycles. The molecule has 0 radical (unpaired) electrons. The highest BCUT2D eigenvalue weighted by molar-refractivity contribution is 6.38. The largest absolute Gasteiger partial charge is 0.350 e. The van der Waals surface area contributed by atoms with Gasteiger partial charge in [-0.3, -0.25) is 4.79 Å². The van der Waals surface area contributed by atoms with E-state index in [-0.39, 0.29) is 33.2 Å². The van der Waals surface area contributed by atoms with E-state index in [2.05, 4.69) is 36.0 Å². The van der Waals surface area contributed by atoms with Crippen LogP contribution in [0.3, 0.4) is 0 Å². The molecule has 0 aliphatic heterocycles. The SMILES string of the molecule is CC(C)NC(=O)c1cc(NC(=O)N[C@@H](C)c2ncnn2-c2ncccn2)c(Cl)cc1Cl. The Balaban J connectivity index is 1.74. The van der Waals surface area contributed by atoms with Gasteiger partial charge in [-0.1, -0.05) is 23.2 Å². The quantitative estimate of drug-likeness (QED) is 0.515. The van der Waals surface area contributed by atoms with Crippen LogP contribution in [-0.2, 0) is 0 Å². The third-order valence-corrected chi connectivity index (χ3v) is 4.65. The fourth-order valence-corrected chi connectivity index (χ4v) is 3.19. The van der Waals surface area contributed by atoms with Crippen LogP contribution in [0.5, 0.6) is 0 Å². The zero-order chi connectivity index (χ0) is 22.5. The molecule has 3 amide bonds. The number of hydrogen-bond donors (Lipinski definition) is 3. The molecule has 0 fully saturated rings. The molecule has 3 N–H and O–H groups in total. The van der Waals surface area contributed by atoms with Gasteiger partial charge in [0.25, 0.3) is 11.9 Å². The predicted octanol–water partition coefficient (Wildman–Crippen LogP) is 3.39. The van der Waals surface area contributed by atoms with Crippen molar-refractivity contribution in [1.29, 1.82) is 0 Å². The number of nitrogens with one attached hydrogen (secondary N) is 3. The van der Waals surface area contributed by atoms with E-state index in [1.165, 1.54) is 23.1 Å². The lowest BCUT2D eigenvalue weighted by atomic mass is 10.1. The maximum Gasteiger partial charge on any atom is 0.319 e. The van der Waals surface area contributed by atoms with Crippen molar-refractivity contribution in [2.24, 2.45) is 0 Å². The number of carbonyl (C=O) groups is 2. The third-order valence-electron chi connectivity index (χ3n) is 4.02. The van der Waals surface area contributed by atoms with E-state index in [1.807, 2.05) is 13.8 Å². The van der Waals surface area contributed by atoms with Gasteiger partial charge in [0.2, 0.25) is 0 Å². The minimum Gasteiger partial charge on any atom is -0.350 e. The van der Waals surface area contributed by atoms with E-state index >= 15 is 0 Å². The summed E-state index contributed by atoms with van der Waals surface area (Å²) in [6, 6.07) is 3.33. The summed E-state index contributed by atoms with van der Waals surface area (Å²) < 4.78 is 1.43. The van der Waals surface area contributed by atoms with Gasteiger partial charge >= 0.3 is 6.03 Å². The van der Waals surface area contributed by atoms with Crippen LogP contribution in [0.4, 0.5) is 10.5 Å². The molecule has 0 unspecified atom stereocenters. The first kappa shape index (κ1) is 22.4. The molecule has 1 atom stereocenters. The first-order valence-corrected chi connectivity index (χ1v) is 10.1. The molecule has 3 aromatic rings. The van der Waals surface area contributed by atoms with Crippen LogP contribution < -0.4 is 16.0 Å². The van der Waals surface area contributed by atoms with Crippen molar-refractivity contribution < 1.29 is 9.59 Å². The maximum absolute atomic E-state index is 12.6. The van der Waals surface area contributed by atoms with Gasteiger partial charge in [-0.2, -0.15) is 9.78 Å². The van der Waals surface area contributed by atoms with Crippen molar-refractivity contribution in [2.75, 3.05) is 5.32 Å². The van der Waals surface area contributed by atoms with Crippen LogP contribution >= 0.6 is 23.2 Å². The fourth-order valence-electron chi connectivity index (χ4n) is 2.68. The number of amides is 3. The second kappa shape index (κ2) is 9.71. The molecule has 31 heavy (non-hydrogen) atoms. The Bertz CT molecular complexity index is 1090. The average molecular weight is 463 g/mol. The summed E-state index contributed by atoms with van der Waals surface area (Å²) in [4.78, 5) is 37.3. The molecule has 0 aliphatic rings. The van der Waals surface area contributed by atoms with Gasteiger partial charge in [-0.05, 0) is 39.0 Å². The normalized spacial score (nSPS) is 11.8. The van der Waals surface area contributed by atoms with Crippen molar-refractivity contribution in [3.8, 4) is 5.95 Å². The highest BCUT2D eigenvalue weighted by Gasteiger charge is 2.20. The molecule has 3 rings (SSSR count). The first-order chi connectivity index (χ1) is 14.8. The highest BCUT2D eigenvalue weighted by Crippen LogP contribution is 2.29. The topological polar surface area (TPSA) is 127 Å². The van der Waals surface area contributed by atoms with Gasteiger partial charge in [0, 0.05) is 18.4 Å². The van der Waals surface area contributed by atoms with Crippen LogP contribution in [0, 0.1) is 0 Å². The Morgan fingerprint density at radius 2 is 1.71 bits per heavy atom.